The maximum atomic E-state index is 12.3. The Labute approximate surface area is 149 Å². The monoisotopic (exact) mass is 346 g/mol. The summed E-state index contributed by atoms with van der Waals surface area (Å²) in [4.78, 5) is 12.3. The molecule has 0 aliphatic carbocycles. The van der Waals surface area contributed by atoms with Crippen molar-refractivity contribution in [2.45, 2.75) is 66.1 Å². The molecule has 0 aliphatic heterocycles. The van der Waals surface area contributed by atoms with Crippen LogP contribution in [0, 0.1) is 0 Å². The molecule has 138 valence electrons. The lowest BCUT2D eigenvalue weighted by molar-refractivity contribution is 0.237. The number of urea groups is 1. The van der Waals surface area contributed by atoms with E-state index in [2.05, 4.69) is 48.5 Å². The van der Waals surface area contributed by atoms with E-state index in [1.807, 2.05) is 29.5 Å². The molecule has 0 bridgehead atoms. The molecule has 1 atom stereocenters. The highest BCUT2D eigenvalue weighted by Crippen LogP contribution is 2.16. The summed E-state index contributed by atoms with van der Waals surface area (Å²) in [6.45, 7) is 10.8. The van der Waals surface area contributed by atoms with Crippen molar-refractivity contribution in [1.82, 2.24) is 30.2 Å². The molecule has 0 aromatic carbocycles. The quantitative estimate of drug-likeness (QED) is 0.809. The maximum absolute atomic E-state index is 12.3. The highest BCUT2D eigenvalue weighted by Gasteiger charge is 2.16. The first kappa shape index (κ1) is 19.0. The molecule has 0 saturated heterocycles. The molecule has 2 heterocycles. The topological polar surface area (TPSA) is 76.8 Å². The Bertz CT molecular complexity index is 715. The summed E-state index contributed by atoms with van der Waals surface area (Å²) in [6, 6.07) is 0.0238. The van der Waals surface area contributed by atoms with Crippen LogP contribution in [-0.4, -0.2) is 25.6 Å². The minimum Gasteiger partial charge on any atom is -0.334 e. The minimum absolute atomic E-state index is 0.0994. The molecule has 7 heteroatoms. The summed E-state index contributed by atoms with van der Waals surface area (Å²) < 4.78 is 3.80. The molecule has 0 fully saturated rings. The number of amides is 2. The number of hydrogen-bond donors (Lipinski definition) is 2. The van der Waals surface area contributed by atoms with E-state index in [-0.39, 0.29) is 12.1 Å². The van der Waals surface area contributed by atoms with Gasteiger partial charge in [-0.3, -0.25) is 9.36 Å². The van der Waals surface area contributed by atoms with Crippen molar-refractivity contribution in [1.29, 1.82) is 0 Å². The summed E-state index contributed by atoms with van der Waals surface area (Å²) in [5.41, 5.74) is 4.34. The van der Waals surface area contributed by atoms with E-state index in [0.717, 1.165) is 29.7 Å². The number of carbonyl (C=O) groups is 1. The number of carbonyl (C=O) groups excluding carboxylic acids is 1. The third-order valence-corrected chi connectivity index (χ3v) is 4.45. The molecular formula is C18H30N6O. The fraction of sp³-hybridized carbons (Fsp3) is 0.611. The molecule has 0 saturated carbocycles. The van der Waals surface area contributed by atoms with Crippen molar-refractivity contribution < 1.29 is 4.79 Å². The zero-order valence-electron chi connectivity index (χ0n) is 16.1. The molecule has 2 aromatic rings. The number of rotatable bonds is 7. The molecular weight excluding hydrogens is 316 g/mol. The summed E-state index contributed by atoms with van der Waals surface area (Å²) in [5.74, 6) is 0. The maximum Gasteiger partial charge on any atom is 0.315 e. The third kappa shape index (κ3) is 4.41. The number of nitrogens with zero attached hydrogens (tertiary/aromatic N) is 4. The van der Waals surface area contributed by atoms with Gasteiger partial charge in [0.2, 0.25) is 0 Å². The lowest BCUT2D eigenvalue weighted by Crippen LogP contribution is -2.36. The molecule has 25 heavy (non-hydrogen) atoms. The lowest BCUT2D eigenvalue weighted by Gasteiger charge is -2.14. The fourth-order valence-corrected chi connectivity index (χ4v) is 2.95. The van der Waals surface area contributed by atoms with Crippen LogP contribution in [0.4, 0.5) is 4.79 Å². The Morgan fingerprint density at radius 1 is 1.24 bits per heavy atom. The highest BCUT2D eigenvalue weighted by molar-refractivity contribution is 5.74. The first-order valence-corrected chi connectivity index (χ1v) is 8.99. The van der Waals surface area contributed by atoms with Crippen molar-refractivity contribution in [3.05, 3.63) is 34.9 Å². The van der Waals surface area contributed by atoms with E-state index >= 15 is 0 Å². The van der Waals surface area contributed by atoms with Crippen LogP contribution in [0.2, 0.25) is 0 Å². The number of aryl methyl sites for hydroxylation is 2. The predicted octanol–water partition coefficient (Wildman–Crippen LogP) is 2.88. The summed E-state index contributed by atoms with van der Waals surface area (Å²) in [6.07, 6.45) is 5.53. The SMILES string of the molecule is CCc1nn(C)c(CC)c1CNC(=O)N[C@@H](C)c1cnn(C(C)C)c1. The number of nitrogens with one attached hydrogen (secondary N) is 2. The third-order valence-electron chi connectivity index (χ3n) is 4.45. The van der Waals surface area contributed by atoms with Gasteiger partial charge in [0.05, 0.1) is 17.9 Å². The second-order valence-corrected chi connectivity index (χ2v) is 6.60. The Morgan fingerprint density at radius 3 is 2.52 bits per heavy atom. The highest BCUT2D eigenvalue weighted by atomic mass is 16.2. The molecule has 2 aromatic heterocycles. The minimum atomic E-state index is -0.183. The van der Waals surface area contributed by atoms with Crippen LogP contribution < -0.4 is 10.6 Å². The Morgan fingerprint density at radius 2 is 1.96 bits per heavy atom. The van der Waals surface area contributed by atoms with Crippen LogP contribution in [0.15, 0.2) is 12.4 Å². The van der Waals surface area contributed by atoms with Crippen LogP contribution in [0.5, 0.6) is 0 Å². The van der Waals surface area contributed by atoms with E-state index in [1.54, 1.807) is 6.20 Å². The zero-order valence-corrected chi connectivity index (χ0v) is 16.1. The average molecular weight is 346 g/mol. The summed E-state index contributed by atoms with van der Waals surface area (Å²) in [7, 11) is 1.95. The molecule has 2 rings (SSSR count). The van der Waals surface area contributed by atoms with Crippen LogP contribution in [0.25, 0.3) is 0 Å². The summed E-state index contributed by atoms with van der Waals surface area (Å²) in [5, 5.41) is 14.8. The second-order valence-electron chi connectivity index (χ2n) is 6.60. The molecule has 7 nitrogen and oxygen atoms in total. The zero-order chi connectivity index (χ0) is 18.6. The van der Waals surface area contributed by atoms with Crippen LogP contribution in [0.3, 0.4) is 0 Å². The molecule has 0 radical (unpaired) electrons. The second kappa shape index (κ2) is 8.18. The number of aromatic nitrogens is 4. The predicted molar refractivity (Wildman–Crippen MR) is 98.4 cm³/mol. The van der Waals surface area contributed by atoms with E-state index in [9.17, 15) is 4.79 Å². The van der Waals surface area contributed by atoms with Gasteiger partial charge in [-0.1, -0.05) is 13.8 Å². The number of hydrogen-bond acceptors (Lipinski definition) is 3. The molecule has 2 amide bonds. The van der Waals surface area contributed by atoms with Gasteiger partial charge < -0.3 is 10.6 Å². The first-order chi connectivity index (χ1) is 11.9. The Kier molecular flexibility index (Phi) is 6.22. The van der Waals surface area contributed by atoms with Gasteiger partial charge in [0, 0.05) is 42.7 Å². The van der Waals surface area contributed by atoms with Crippen LogP contribution in [-0.2, 0) is 26.4 Å². The Hall–Kier alpha value is -2.31. The molecule has 0 unspecified atom stereocenters. The van der Waals surface area contributed by atoms with Gasteiger partial charge in [0.15, 0.2) is 0 Å². The van der Waals surface area contributed by atoms with Gasteiger partial charge >= 0.3 is 6.03 Å². The fourth-order valence-electron chi connectivity index (χ4n) is 2.95. The van der Waals surface area contributed by atoms with E-state index in [1.165, 1.54) is 5.69 Å². The van der Waals surface area contributed by atoms with Gasteiger partial charge in [-0.15, -0.1) is 0 Å². The molecule has 2 N–H and O–H groups in total. The van der Waals surface area contributed by atoms with Gasteiger partial charge in [-0.25, -0.2) is 4.79 Å². The Balaban J connectivity index is 1.96. The van der Waals surface area contributed by atoms with Crippen molar-refractivity contribution >= 4 is 6.03 Å². The van der Waals surface area contributed by atoms with E-state index in [4.69, 9.17) is 0 Å². The van der Waals surface area contributed by atoms with E-state index < -0.39 is 0 Å². The largest absolute Gasteiger partial charge is 0.334 e. The van der Waals surface area contributed by atoms with Crippen molar-refractivity contribution in [2.75, 3.05) is 0 Å². The lowest BCUT2D eigenvalue weighted by atomic mass is 10.1. The van der Waals surface area contributed by atoms with Crippen LogP contribution >= 0.6 is 0 Å². The van der Waals surface area contributed by atoms with Gasteiger partial charge in [-0.05, 0) is 33.6 Å². The first-order valence-electron chi connectivity index (χ1n) is 8.99. The van der Waals surface area contributed by atoms with Crippen molar-refractivity contribution in [3.8, 4) is 0 Å². The van der Waals surface area contributed by atoms with Gasteiger partial charge in [0.1, 0.15) is 0 Å². The smallest absolute Gasteiger partial charge is 0.315 e. The average Bonchev–Trinajstić information content (AvgIpc) is 3.17. The van der Waals surface area contributed by atoms with Crippen molar-refractivity contribution in [2.24, 2.45) is 7.05 Å². The van der Waals surface area contributed by atoms with Gasteiger partial charge in [0.25, 0.3) is 0 Å². The van der Waals surface area contributed by atoms with Crippen LogP contribution in [0.1, 0.15) is 69.2 Å². The standard InChI is InChI=1S/C18H30N6O/c1-7-16-15(17(8-2)23(6)22-16)10-19-18(25)21-13(5)14-9-20-24(11-14)12(3)4/h9,11-13H,7-8,10H2,1-6H3,(H2,19,21,25)/t13-/m0/s1. The van der Waals surface area contributed by atoms with E-state index in [0.29, 0.717) is 12.6 Å². The van der Waals surface area contributed by atoms with Crippen molar-refractivity contribution in [3.63, 3.8) is 0 Å². The van der Waals surface area contributed by atoms with Gasteiger partial charge in [-0.2, -0.15) is 10.2 Å². The molecule has 0 spiro atoms. The normalized spacial score (nSPS) is 12.4. The summed E-state index contributed by atoms with van der Waals surface area (Å²) >= 11 is 0. The molecule has 0 aliphatic rings.